The van der Waals surface area contributed by atoms with E-state index in [2.05, 4.69) is 97.1 Å². The molecule has 2 atom stereocenters. The predicted molar refractivity (Wildman–Crippen MR) is 150 cm³/mol. The molecule has 0 spiro atoms. The van der Waals surface area contributed by atoms with Crippen LogP contribution in [0.25, 0.3) is 43.1 Å². The summed E-state index contributed by atoms with van der Waals surface area (Å²) in [5.74, 6) is 1.22. The van der Waals surface area contributed by atoms with Gasteiger partial charge in [0, 0.05) is 0 Å². The van der Waals surface area contributed by atoms with Crippen molar-refractivity contribution in [2.75, 3.05) is 0 Å². The van der Waals surface area contributed by atoms with Crippen LogP contribution in [0.2, 0.25) is 0 Å². The largest absolute Gasteiger partial charge is 0.0584 e. The van der Waals surface area contributed by atoms with Crippen molar-refractivity contribution in [1.82, 2.24) is 0 Å². The summed E-state index contributed by atoms with van der Waals surface area (Å²) in [5.41, 5.74) is 5.93. The van der Waals surface area contributed by atoms with Crippen molar-refractivity contribution in [3.8, 4) is 0 Å². The molecule has 6 aromatic rings. The van der Waals surface area contributed by atoms with Gasteiger partial charge in [0.1, 0.15) is 0 Å². The molecule has 8 bridgehead atoms. The molecule has 0 radical (unpaired) electrons. The monoisotopic (exact) mass is 448 g/mol. The van der Waals surface area contributed by atoms with E-state index in [0.29, 0.717) is 11.8 Å². The molecular formula is C35H28. The van der Waals surface area contributed by atoms with Crippen LogP contribution in [0.5, 0.6) is 0 Å². The maximum absolute atomic E-state index is 2.51. The van der Waals surface area contributed by atoms with Crippen LogP contribution in [0.1, 0.15) is 53.4 Å². The van der Waals surface area contributed by atoms with Gasteiger partial charge >= 0.3 is 0 Å². The normalized spacial score (nSPS) is 19.4. The van der Waals surface area contributed by atoms with E-state index in [0.717, 1.165) is 12.8 Å². The van der Waals surface area contributed by atoms with Crippen molar-refractivity contribution in [3.05, 3.63) is 119 Å². The number of aryl methyl sites for hydroxylation is 2. The zero-order chi connectivity index (χ0) is 22.9. The fourth-order valence-electron chi connectivity index (χ4n) is 6.79. The molecule has 0 aromatic heterocycles. The smallest absolute Gasteiger partial charge is 0.00926 e. The third-order valence-corrected chi connectivity index (χ3v) is 8.92. The van der Waals surface area contributed by atoms with Gasteiger partial charge in [0.2, 0.25) is 0 Å². The molecule has 0 unspecified atom stereocenters. The first-order valence-electron chi connectivity index (χ1n) is 13.2. The van der Waals surface area contributed by atoms with E-state index < -0.39 is 0 Å². The summed E-state index contributed by atoms with van der Waals surface area (Å²) in [6, 6.07) is 38.0. The van der Waals surface area contributed by atoms with E-state index in [9.17, 15) is 0 Å². The molecule has 0 heterocycles. The highest BCUT2D eigenvalue weighted by atomic mass is 14.4. The molecule has 0 amide bonds. The summed E-state index contributed by atoms with van der Waals surface area (Å²) in [6.07, 6.45) is 5.98. The van der Waals surface area contributed by atoms with Gasteiger partial charge in [-0.05, 0) is 109 Å². The average Bonchev–Trinajstić information content (AvgIpc) is 2.87. The Hall–Kier alpha value is -3.64. The van der Waals surface area contributed by atoms with Crippen LogP contribution >= 0.6 is 0 Å². The molecule has 6 aromatic carbocycles. The number of fused-ring (bicyclic) bond motifs is 7. The average molecular weight is 449 g/mol. The lowest BCUT2D eigenvalue weighted by Crippen LogP contribution is -2.21. The standard InChI is InChI=1S/C35H28/c1-2-22-4-6-24-8-10-26-12-14-28(20-34(26)32(24)18-22)30-16-17-31(30)29-15-13-27-11-9-25-7-5-23(3-1)19-33(25)35(27)21-29/h4-15,18-21,30-31H,1-3,16-17H2/t30-,31+. The Bertz CT molecular complexity index is 1650. The van der Waals surface area contributed by atoms with Crippen molar-refractivity contribution in [3.63, 3.8) is 0 Å². The minimum absolute atomic E-state index is 0.608. The number of hydrogen-bond acceptors (Lipinski definition) is 0. The third kappa shape index (κ3) is 3.06. The minimum atomic E-state index is 0.608. The zero-order valence-electron chi connectivity index (χ0n) is 19.9. The molecule has 8 rings (SSSR count). The van der Waals surface area contributed by atoms with Crippen molar-refractivity contribution < 1.29 is 0 Å². The van der Waals surface area contributed by atoms with Crippen LogP contribution in [0.4, 0.5) is 0 Å². The minimum Gasteiger partial charge on any atom is -0.0584 e. The summed E-state index contributed by atoms with van der Waals surface area (Å²) in [7, 11) is 0. The highest BCUT2D eigenvalue weighted by Crippen LogP contribution is 2.50. The Morgan fingerprint density at radius 3 is 1.20 bits per heavy atom. The molecule has 168 valence electrons. The van der Waals surface area contributed by atoms with Gasteiger partial charge in [0.25, 0.3) is 0 Å². The van der Waals surface area contributed by atoms with Gasteiger partial charge in [-0.3, -0.25) is 0 Å². The highest BCUT2D eigenvalue weighted by Gasteiger charge is 2.33. The maximum atomic E-state index is 2.51. The van der Waals surface area contributed by atoms with Gasteiger partial charge < -0.3 is 0 Å². The Labute approximate surface area is 206 Å². The summed E-state index contributed by atoms with van der Waals surface area (Å²) in [6.45, 7) is 0. The zero-order valence-corrected chi connectivity index (χ0v) is 19.9. The van der Waals surface area contributed by atoms with Crippen LogP contribution in [0.3, 0.4) is 0 Å². The van der Waals surface area contributed by atoms with E-state index in [1.807, 2.05) is 0 Å². The fraction of sp³-hybridized carbons (Fsp3) is 0.200. The van der Waals surface area contributed by atoms with Crippen LogP contribution < -0.4 is 0 Å². The number of hydrogen-bond donors (Lipinski definition) is 0. The Morgan fingerprint density at radius 2 is 0.771 bits per heavy atom. The lowest BCUT2D eigenvalue weighted by molar-refractivity contribution is 0.347. The second-order valence-corrected chi connectivity index (χ2v) is 10.8. The second-order valence-electron chi connectivity index (χ2n) is 10.8. The van der Waals surface area contributed by atoms with Crippen molar-refractivity contribution in [1.29, 1.82) is 0 Å². The number of benzene rings is 6. The van der Waals surface area contributed by atoms with Crippen LogP contribution in [-0.2, 0) is 12.8 Å². The van der Waals surface area contributed by atoms with Gasteiger partial charge in [0.05, 0.1) is 0 Å². The van der Waals surface area contributed by atoms with Gasteiger partial charge in [-0.2, -0.15) is 0 Å². The number of rotatable bonds is 0. The van der Waals surface area contributed by atoms with Crippen molar-refractivity contribution >= 4 is 43.1 Å². The van der Waals surface area contributed by atoms with E-state index in [-0.39, 0.29) is 0 Å². The van der Waals surface area contributed by atoms with Crippen LogP contribution in [0.15, 0.2) is 97.1 Å². The summed E-state index contributed by atoms with van der Waals surface area (Å²) in [5, 5.41) is 11.1. The van der Waals surface area contributed by atoms with Gasteiger partial charge in [0.15, 0.2) is 0 Å². The molecule has 0 nitrogen and oxygen atoms in total. The molecule has 2 aliphatic carbocycles. The summed E-state index contributed by atoms with van der Waals surface area (Å²) in [4.78, 5) is 0. The Balaban J connectivity index is 1.37. The van der Waals surface area contributed by atoms with Crippen molar-refractivity contribution in [2.24, 2.45) is 0 Å². The predicted octanol–water partition coefficient (Wildman–Crippen LogP) is 9.45. The SMILES string of the molecule is c1cc2ccc3ccc4cc3c2cc1CCCc1ccc2ccc3ccc(cc3c2c1)[C@@H]1CC[C@H]41. The lowest BCUT2D eigenvalue weighted by atomic mass is 9.66. The van der Waals surface area contributed by atoms with Crippen LogP contribution in [-0.4, -0.2) is 0 Å². The van der Waals surface area contributed by atoms with E-state index >= 15 is 0 Å². The molecular weight excluding hydrogens is 420 g/mol. The first-order valence-corrected chi connectivity index (χ1v) is 13.2. The molecule has 0 aliphatic heterocycles. The topological polar surface area (TPSA) is 0 Å². The molecule has 0 heteroatoms. The second kappa shape index (κ2) is 7.43. The van der Waals surface area contributed by atoms with Gasteiger partial charge in [-0.1, -0.05) is 97.1 Å². The summed E-state index contributed by atoms with van der Waals surface area (Å²) >= 11 is 0. The molecule has 2 aliphatic rings. The first-order chi connectivity index (χ1) is 17.3. The van der Waals surface area contributed by atoms with E-state index in [4.69, 9.17) is 0 Å². The molecule has 0 saturated heterocycles. The lowest BCUT2D eigenvalue weighted by Gasteiger charge is -2.38. The molecule has 1 saturated carbocycles. The third-order valence-electron chi connectivity index (χ3n) is 8.92. The molecule has 35 heavy (non-hydrogen) atoms. The highest BCUT2D eigenvalue weighted by molar-refractivity contribution is 6.09. The van der Waals surface area contributed by atoms with E-state index in [1.54, 1.807) is 0 Å². The Kier molecular flexibility index (Phi) is 4.17. The first kappa shape index (κ1) is 19.6. The van der Waals surface area contributed by atoms with Crippen molar-refractivity contribution in [2.45, 2.75) is 43.9 Å². The summed E-state index contributed by atoms with van der Waals surface area (Å²) < 4.78 is 0. The van der Waals surface area contributed by atoms with E-state index in [1.165, 1.54) is 84.6 Å². The fourth-order valence-corrected chi connectivity index (χ4v) is 6.79. The van der Waals surface area contributed by atoms with Crippen LogP contribution in [0, 0.1) is 0 Å². The molecule has 0 N–H and O–H groups in total. The maximum Gasteiger partial charge on any atom is -0.00926 e. The Morgan fingerprint density at radius 1 is 0.400 bits per heavy atom. The van der Waals surface area contributed by atoms with Gasteiger partial charge in [-0.15, -0.1) is 0 Å². The molecule has 1 fully saturated rings. The van der Waals surface area contributed by atoms with Gasteiger partial charge in [-0.25, -0.2) is 0 Å². The quantitative estimate of drug-likeness (QED) is 0.203.